The van der Waals surface area contributed by atoms with Gasteiger partial charge in [0.15, 0.2) is 0 Å². The molecule has 2 heterocycles. The van der Waals surface area contributed by atoms with Gasteiger partial charge in [-0.2, -0.15) is 4.98 Å². The Hall–Kier alpha value is -2.54. The van der Waals surface area contributed by atoms with Gasteiger partial charge in [-0.05, 0) is 64.0 Å². The van der Waals surface area contributed by atoms with Crippen molar-refractivity contribution in [2.75, 3.05) is 23.7 Å². The second-order valence-electron chi connectivity index (χ2n) is 9.37. The Bertz CT molecular complexity index is 975. The van der Waals surface area contributed by atoms with Gasteiger partial charge in [-0.15, -0.1) is 0 Å². The van der Waals surface area contributed by atoms with Crippen molar-refractivity contribution < 1.29 is 9.53 Å². The van der Waals surface area contributed by atoms with Crippen LogP contribution in [0.2, 0.25) is 5.02 Å². The fraction of sp³-hybridized carbons (Fsp3) is 0.522. The first kappa shape index (κ1) is 21.7. The summed E-state index contributed by atoms with van der Waals surface area (Å²) in [5, 5.41) is 3.77. The van der Waals surface area contributed by atoms with E-state index in [2.05, 4.69) is 26.3 Å². The molecule has 2 aliphatic rings. The normalized spacial score (nSPS) is 21.0. The minimum absolute atomic E-state index is 0.0150. The molecule has 8 heteroatoms. The van der Waals surface area contributed by atoms with Crippen molar-refractivity contribution in [2.24, 2.45) is 0 Å². The average molecular weight is 444 g/mol. The Kier molecular flexibility index (Phi) is 5.97. The number of hydrogen-bond donors (Lipinski definition) is 2. The number of ether oxygens (including phenoxy) is 1. The molecule has 0 saturated carbocycles. The van der Waals surface area contributed by atoms with Crippen LogP contribution >= 0.6 is 11.6 Å². The number of carbonyl (C=O) groups excluding carboxylic acids is 1. The van der Waals surface area contributed by atoms with E-state index in [0.717, 1.165) is 59.9 Å². The van der Waals surface area contributed by atoms with E-state index in [1.54, 1.807) is 0 Å². The molecular weight excluding hydrogens is 414 g/mol. The first-order valence-electron chi connectivity index (χ1n) is 10.8. The van der Waals surface area contributed by atoms with Crippen LogP contribution in [0.1, 0.15) is 56.4 Å². The van der Waals surface area contributed by atoms with Crippen LogP contribution in [-0.4, -0.2) is 40.8 Å². The molecule has 1 aliphatic heterocycles. The highest BCUT2D eigenvalue weighted by atomic mass is 35.5. The van der Waals surface area contributed by atoms with Crippen molar-refractivity contribution in [2.45, 2.75) is 64.0 Å². The maximum Gasteiger partial charge on any atom is 0.407 e. The number of fused-ring (bicyclic) bond motifs is 1. The number of hydrogen-bond acceptors (Lipinski definition) is 6. The van der Waals surface area contributed by atoms with Gasteiger partial charge >= 0.3 is 6.09 Å². The molecule has 2 aromatic rings. The van der Waals surface area contributed by atoms with Gasteiger partial charge in [0.05, 0.1) is 11.7 Å². The zero-order chi connectivity index (χ0) is 22.2. The van der Waals surface area contributed by atoms with Gasteiger partial charge in [0, 0.05) is 23.7 Å². The summed E-state index contributed by atoms with van der Waals surface area (Å²) in [6, 6.07) is 8.03. The summed E-state index contributed by atoms with van der Waals surface area (Å²) in [5.41, 5.74) is 8.90. The van der Waals surface area contributed by atoms with Gasteiger partial charge in [0.1, 0.15) is 11.4 Å². The second-order valence-corrected chi connectivity index (χ2v) is 9.78. The first-order chi connectivity index (χ1) is 14.7. The number of carbonyl (C=O) groups is 1. The Balaban J connectivity index is 1.49. The number of rotatable bonds is 3. The lowest BCUT2D eigenvalue weighted by Crippen LogP contribution is -2.40. The summed E-state index contributed by atoms with van der Waals surface area (Å²) in [4.78, 5) is 23.5. The van der Waals surface area contributed by atoms with Gasteiger partial charge in [0.2, 0.25) is 5.95 Å². The lowest BCUT2D eigenvalue weighted by molar-refractivity contribution is 0.0509. The monoisotopic (exact) mass is 443 g/mol. The highest BCUT2D eigenvalue weighted by Gasteiger charge is 2.32. The zero-order valence-electron chi connectivity index (χ0n) is 18.3. The predicted octanol–water partition coefficient (Wildman–Crippen LogP) is 4.09. The van der Waals surface area contributed by atoms with Gasteiger partial charge in [-0.25, -0.2) is 9.78 Å². The molecule has 1 aliphatic carbocycles. The van der Waals surface area contributed by atoms with Crippen molar-refractivity contribution in [1.29, 1.82) is 0 Å². The van der Waals surface area contributed by atoms with Crippen molar-refractivity contribution in [3.05, 3.63) is 46.1 Å². The van der Waals surface area contributed by atoms with Gasteiger partial charge in [-0.3, -0.25) is 0 Å². The summed E-state index contributed by atoms with van der Waals surface area (Å²) >= 11 is 6.44. The Labute approximate surface area is 188 Å². The van der Waals surface area contributed by atoms with E-state index in [9.17, 15) is 4.79 Å². The number of amides is 1. The van der Waals surface area contributed by atoms with E-state index in [4.69, 9.17) is 22.1 Å². The Morgan fingerprint density at radius 1 is 1.26 bits per heavy atom. The average Bonchev–Trinajstić information content (AvgIpc) is 3.13. The molecule has 166 valence electrons. The number of nitrogens with one attached hydrogen (secondary N) is 1. The lowest BCUT2D eigenvalue weighted by atomic mass is 9.82. The molecular formula is C23H30ClN5O2. The van der Waals surface area contributed by atoms with Crippen LogP contribution in [0, 0.1) is 0 Å². The summed E-state index contributed by atoms with van der Waals surface area (Å²) in [7, 11) is 0. The molecule has 1 aromatic carbocycles. The van der Waals surface area contributed by atoms with Crippen molar-refractivity contribution in [3.63, 3.8) is 0 Å². The van der Waals surface area contributed by atoms with E-state index in [1.165, 1.54) is 0 Å². The number of halogens is 1. The second kappa shape index (κ2) is 8.54. The van der Waals surface area contributed by atoms with Gasteiger partial charge in [-0.1, -0.05) is 29.8 Å². The number of benzene rings is 1. The summed E-state index contributed by atoms with van der Waals surface area (Å²) in [5.74, 6) is 1.51. The third-order valence-electron chi connectivity index (χ3n) is 5.82. The maximum absolute atomic E-state index is 12.1. The van der Waals surface area contributed by atoms with Crippen molar-refractivity contribution in [3.8, 4) is 0 Å². The molecule has 1 aromatic heterocycles. The molecule has 4 rings (SSSR count). The quantitative estimate of drug-likeness (QED) is 0.742. The van der Waals surface area contributed by atoms with Crippen LogP contribution in [0.3, 0.4) is 0 Å². The molecule has 0 spiro atoms. The Morgan fingerprint density at radius 2 is 2.03 bits per heavy atom. The largest absolute Gasteiger partial charge is 0.444 e. The van der Waals surface area contributed by atoms with E-state index >= 15 is 0 Å². The minimum atomic E-state index is -0.513. The third kappa shape index (κ3) is 5.03. The minimum Gasteiger partial charge on any atom is -0.444 e. The molecule has 7 nitrogen and oxygen atoms in total. The highest BCUT2D eigenvalue weighted by molar-refractivity contribution is 6.31. The standard InChI is InChI=1S/C23H30ClN5O2/c1-23(2,3)31-22(30)26-15-10-11-29(13-15)20-17-9-8-14(12-19(17)27-21(25)28-20)16-6-4-5-7-18(16)24/h4-7,14-15H,8-13H2,1-3H3,(H,26,30)(H2,25,27,28). The van der Waals surface area contributed by atoms with Gasteiger partial charge < -0.3 is 20.7 Å². The van der Waals surface area contributed by atoms with E-state index < -0.39 is 5.60 Å². The van der Waals surface area contributed by atoms with E-state index in [1.807, 2.05) is 39.0 Å². The van der Waals surface area contributed by atoms with Crippen LogP contribution in [0.15, 0.2) is 24.3 Å². The molecule has 2 atom stereocenters. The predicted molar refractivity (Wildman–Crippen MR) is 123 cm³/mol. The van der Waals surface area contributed by atoms with Crippen LogP contribution < -0.4 is 16.0 Å². The number of nitrogens with zero attached hydrogens (tertiary/aromatic N) is 3. The van der Waals surface area contributed by atoms with Crippen molar-refractivity contribution in [1.82, 2.24) is 15.3 Å². The van der Waals surface area contributed by atoms with Gasteiger partial charge in [0.25, 0.3) is 0 Å². The van der Waals surface area contributed by atoms with E-state index in [-0.39, 0.29) is 18.1 Å². The molecule has 31 heavy (non-hydrogen) atoms. The van der Waals surface area contributed by atoms with Crippen LogP contribution in [0.5, 0.6) is 0 Å². The number of alkyl carbamates (subject to hydrolysis) is 1. The van der Waals surface area contributed by atoms with Crippen LogP contribution in [-0.2, 0) is 17.6 Å². The molecule has 1 amide bonds. The molecule has 3 N–H and O–H groups in total. The number of nitrogens with two attached hydrogens (primary N) is 1. The fourth-order valence-corrected chi connectivity index (χ4v) is 4.78. The smallest absolute Gasteiger partial charge is 0.407 e. The lowest BCUT2D eigenvalue weighted by Gasteiger charge is -2.29. The molecule has 1 saturated heterocycles. The summed E-state index contributed by atoms with van der Waals surface area (Å²) < 4.78 is 5.39. The van der Waals surface area contributed by atoms with E-state index in [0.29, 0.717) is 12.5 Å². The third-order valence-corrected chi connectivity index (χ3v) is 6.17. The first-order valence-corrected chi connectivity index (χ1v) is 11.2. The highest BCUT2D eigenvalue weighted by Crippen LogP contribution is 2.38. The topological polar surface area (TPSA) is 93.4 Å². The number of anilines is 2. The van der Waals surface area contributed by atoms with Crippen LogP contribution in [0.4, 0.5) is 16.6 Å². The molecule has 1 fully saturated rings. The van der Waals surface area contributed by atoms with Crippen LogP contribution in [0.25, 0.3) is 0 Å². The number of aromatic nitrogens is 2. The fourth-order valence-electron chi connectivity index (χ4n) is 4.49. The number of nitrogen functional groups attached to an aromatic ring is 1. The summed E-state index contributed by atoms with van der Waals surface area (Å²) in [6.07, 6.45) is 3.12. The molecule has 2 unspecified atom stereocenters. The molecule has 0 bridgehead atoms. The SMILES string of the molecule is CC(C)(C)OC(=O)NC1CCN(c2nc(N)nc3c2CCC(c2ccccc2Cl)C3)C1. The van der Waals surface area contributed by atoms with Crippen molar-refractivity contribution >= 4 is 29.5 Å². The summed E-state index contributed by atoms with van der Waals surface area (Å²) in [6.45, 7) is 7.06. The Morgan fingerprint density at radius 3 is 2.77 bits per heavy atom. The molecule has 0 radical (unpaired) electrons. The zero-order valence-corrected chi connectivity index (χ0v) is 19.1. The maximum atomic E-state index is 12.1.